The highest BCUT2D eigenvalue weighted by molar-refractivity contribution is 9.10. The average Bonchev–Trinajstić information content (AvgIpc) is 3.04. The van der Waals surface area contributed by atoms with Gasteiger partial charge in [-0.1, -0.05) is 0 Å². The van der Waals surface area contributed by atoms with Crippen LogP contribution in [-0.2, 0) is 6.54 Å². The summed E-state index contributed by atoms with van der Waals surface area (Å²) in [4.78, 5) is 21.3. The molecule has 0 saturated heterocycles. The monoisotopic (exact) mass is 407 g/mol. The molecule has 0 aliphatic carbocycles. The van der Waals surface area contributed by atoms with Crippen LogP contribution in [0, 0.1) is 13.8 Å². The third-order valence-electron chi connectivity index (χ3n) is 3.88. The molecule has 2 heterocycles. The Labute approximate surface area is 153 Å². The predicted molar refractivity (Wildman–Crippen MR) is 99.0 cm³/mol. The highest BCUT2D eigenvalue weighted by atomic mass is 79.9. The average molecular weight is 408 g/mol. The number of aromatic nitrogens is 2. The van der Waals surface area contributed by atoms with E-state index in [2.05, 4.69) is 38.4 Å². The van der Waals surface area contributed by atoms with Crippen LogP contribution in [0.1, 0.15) is 26.6 Å². The summed E-state index contributed by atoms with van der Waals surface area (Å²) in [6, 6.07) is 5.39. The van der Waals surface area contributed by atoms with Gasteiger partial charge in [-0.05, 0) is 48.0 Å². The highest BCUT2D eigenvalue weighted by Gasteiger charge is 2.19. The molecule has 126 valence electrons. The number of amides is 1. The van der Waals surface area contributed by atoms with E-state index in [-0.39, 0.29) is 5.91 Å². The topological polar surface area (TPSA) is 46.8 Å². The van der Waals surface area contributed by atoms with E-state index in [1.807, 2.05) is 19.1 Å². The standard InChI is InChI=1S/C17H18BrN3O2S/c1-10-8-21-15(11(2)19-17(21)24-10)9-20(3)16(22)13-7-12(23-4)5-6-14(13)18/h5-8H,9H2,1-4H3. The molecule has 2 aromatic heterocycles. The fraction of sp³-hybridized carbons (Fsp3) is 0.294. The second-order valence-electron chi connectivity index (χ2n) is 5.65. The molecule has 0 bridgehead atoms. The molecule has 7 heteroatoms. The van der Waals surface area contributed by atoms with Crippen molar-refractivity contribution in [3.05, 3.63) is 50.7 Å². The number of rotatable bonds is 4. The van der Waals surface area contributed by atoms with E-state index in [1.54, 1.807) is 36.5 Å². The lowest BCUT2D eigenvalue weighted by molar-refractivity contribution is 0.0781. The molecule has 5 nitrogen and oxygen atoms in total. The maximum Gasteiger partial charge on any atom is 0.255 e. The van der Waals surface area contributed by atoms with Crippen molar-refractivity contribution in [3.8, 4) is 5.75 Å². The predicted octanol–water partition coefficient (Wildman–Crippen LogP) is 4.06. The number of hydrogen-bond acceptors (Lipinski definition) is 4. The van der Waals surface area contributed by atoms with Crippen LogP contribution >= 0.6 is 27.3 Å². The van der Waals surface area contributed by atoms with E-state index in [4.69, 9.17) is 4.74 Å². The molecule has 0 fully saturated rings. The van der Waals surface area contributed by atoms with Crippen LogP contribution < -0.4 is 4.74 Å². The first-order valence-corrected chi connectivity index (χ1v) is 9.04. The Kier molecular flexibility index (Phi) is 4.64. The normalized spacial score (nSPS) is 11.0. The molecular weight excluding hydrogens is 390 g/mol. The van der Waals surface area contributed by atoms with Gasteiger partial charge >= 0.3 is 0 Å². The summed E-state index contributed by atoms with van der Waals surface area (Å²) in [7, 11) is 3.39. The Bertz CT molecular complexity index is 916. The second kappa shape index (κ2) is 6.57. The zero-order chi connectivity index (χ0) is 17.4. The largest absolute Gasteiger partial charge is 0.497 e. The number of carbonyl (C=O) groups excluding carboxylic acids is 1. The number of fused-ring (bicyclic) bond motifs is 1. The van der Waals surface area contributed by atoms with E-state index < -0.39 is 0 Å². The van der Waals surface area contributed by atoms with E-state index in [1.165, 1.54) is 4.88 Å². The van der Waals surface area contributed by atoms with Crippen molar-refractivity contribution in [2.45, 2.75) is 20.4 Å². The van der Waals surface area contributed by atoms with Gasteiger partial charge in [0.25, 0.3) is 5.91 Å². The Morgan fingerprint density at radius 1 is 1.42 bits per heavy atom. The summed E-state index contributed by atoms with van der Waals surface area (Å²) in [5, 5.41) is 0. The lowest BCUT2D eigenvalue weighted by atomic mass is 10.2. The summed E-state index contributed by atoms with van der Waals surface area (Å²) in [6.07, 6.45) is 2.06. The van der Waals surface area contributed by atoms with Crippen LogP contribution in [0.4, 0.5) is 0 Å². The molecule has 0 spiro atoms. The fourth-order valence-electron chi connectivity index (χ4n) is 2.60. The maximum absolute atomic E-state index is 12.8. The number of nitrogens with zero attached hydrogens (tertiary/aromatic N) is 3. The summed E-state index contributed by atoms with van der Waals surface area (Å²) < 4.78 is 8.04. The SMILES string of the molecule is COc1ccc(Br)c(C(=O)N(C)Cc2c(C)nc3sc(C)cn23)c1. The summed E-state index contributed by atoms with van der Waals surface area (Å²) in [5.74, 6) is 0.591. The van der Waals surface area contributed by atoms with Crippen LogP contribution in [0.15, 0.2) is 28.9 Å². The zero-order valence-electron chi connectivity index (χ0n) is 14.0. The van der Waals surface area contributed by atoms with Gasteiger partial charge in [0.2, 0.25) is 0 Å². The lowest BCUT2D eigenvalue weighted by Crippen LogP contribution is -2.27. The molecule has 3 aromatic rings. The number of ether oxygens (including phenoxy) is 1. The number of aryl methyl sites for hydroxylation is 2. The van der Waals surface area contributed by atoms with Gasteiger partial charge in [0.05, 0.1) is 30.6 Å². The number of carbonyl (C=O) groups is 1. The third-order valence-corrected chi connectivity index (χ3v) is 5.47. The van der Waals surface area contributed by atoms with Crippen molar-refractivity contribution in [2.75, 3.05) is 14.2 Å². The van der Waals surface area contributed by atoms with Gasteiger partial charge in [-0.2, -0.15) is 0 Å². The van der Waals surface area contributed by atoms with Gasteiger partial charge in [-0.25, -0.2) is 4.98 Å². The summed E-state index contributed by atoms with van der Waals surface area (Å²) in [5.41, 5.74) is 2.56. The van der Waals surface area contributed by atoms with Crippen LogP contribution in [0.3, 0.4) is 0 Å². The number of benzene rings is 1. The molecule has 24 heavy (non-hydrogen) atoms. The molecule has 0 unspecified atom stereocenters. The molecule has 0 aliphatic heterocycles. The van der Waals surface area contributed by atoms with E-state index in [9.17, 15) is 4.79 Å². The van der Waals surface area contributed by atoms with Crippen LogP contribution in [0.25, 0.3) is 4.96 Å². The molecule has 0 saturated carbocycles. The molecule has 3 rings (SSSR count). The molecule has 0 aliphatic rings. The first-order chi connectivity index (χ1) is 11.4. The molecule has 1 amide bonds. The number of imidazole rings is 1. The Morgan fingerprint density at radius 2 is 2.17 bits per heavy atom. The lowest BCUT2D eigenvalue weighted by Gasteiger charge is -2.18. The third kappa shape index (κ3) is 3.06. The van der Waals surface area contributed by atoms with Crippen molar-refractivity contribution < 1.29 is 9.53 Å². The Hall–Kier alpha value is -1.86. The molecule has 0 N–H and O–H groups in total. The quantitative estimate of drug-likeness (QED) is 0.654. The van der Waals surface area contributed by atoms with Gasteiger partial charge in [0, 0.05) is 22.6 Å². The van der Waals surface area contributed by atoms with Crippen LogP contribution in [0.2, 0.25) is 0 Å². The van der Waals surface area contributed by atoms with Crippen molar-refractivity contribution in [1.82, 2.24) is 14.3 Å². The van der Waals surface area contributed by atoms with E-state index >= 15 is 0 Å². The Balaban J connectivity index is 1.90. The van der Waals surface area contributed by atoms with Crippen molar-refractivity contribution in [1.29, 1.82) is 0 Å². The van der Waals surface area contributed by atoms with Gasteiger partial charge in [0.1, 0.15) is 5.75 Å². The van der Waals surface area contributed by atoms with Crippen molar-refractivity contribution in [3.63, 3.8) is 0 Å². The highest BCUT2D eigenvalue weighted by Crippen LogP contribution is 2.25. The van der Waals surface area contributed by atoms with Crippen molar-refractivity contribution >= 4 is 38.1 Å². The van der Waals surface area contributed by atoms with E-state index in [0.29, 0.717) is 17.9 Å². The number of thiazole rings is 1. The first kappa shape index (κ1) is 17.0. The van der Waals surface area contributed by atoms with E-state index in [0.717, 1.165) is 20.8 Å². The summed E-state index contributed by atoms with van der Waals surface area (Å²) in [6.45, 7) is 4.52. The number of halogens is 1. The molecular formula is C17H18BrN3O2S. The number of hydrogen-bond donors (Lipinski definition) is 0. The molecule has 0 atom stereocenters. The number of methoxy groups -OCH3 is 1. The fourth-order valence-corrected chi connectivity index (χ4v) is 3.90. The minimum absolute atomic E-state index is 0.0675. The van der Waals surface area contributed by atoms with Gasteiger partial charge < -0.3 is 9.64 Å². The minimum atomic E-state index is -0.0675. The summed E-state index contributed by atoms with van der Waals surface area (Å²) >= 11 is 5.10. The van der Waals surface area contributed by atoms with Gasteiger partial charge in [-0.15, -0.1) is 11.3 Å². The van der Waals surface area contributed by atoms with Crippen molar-refractivity contribution in [2.24, 2.45) is 0 Å². The van der Waals surface area contributed by atoms with Gasteiger partial charge in [-0.3, -0.25) is 9.20 Å². The van der Waals surface area contributed by atoms with Crippen LogP contribution in [-0.4, -0.2) is 34.3 Å². The smallest absolute Gasteiger partial charge is 0.255 e. The molecule has 1 aromatic carbocycles. The zero-order valence-corrected chi connectivity index (χ0v) is 16.4. The van der Waals surface area contributed by atoms with Gasteiger partial charge in [0.15, 0.2) is 4.96 Å². The second-order valence-corrected chi connectivity index (χ2v) is 7.71. The minimum Gasteiger partial charge on any atom is -0.497 e. The first-order valence-electron chi connectivity index (χ1n) is 7.43. The van der Waals surface area contributed by atoms with Crippen LogP contribution in [0.5, 0.6) is 5.75 Å². The Morgan fingerprint density at radius 3 is 2.88 bits per heavy atom. The molecule has 0 radical (unpaired) electrons. The maximum atomic E-state index is 12.8.